The van der Waals surface area contributed by atoms with Crippen molar-refractivity contribution >= 4 is 20.2 Å². The number of hydrogen-bond donors (Lipinski definition) is 0. The smallest absolute Gasteiger partial charge is 0.266 e. The Morgan fingerprint density at radius 3 is 2.00 bits per heavy atom. The van der Waals surface area contributed by atoms with Crippen molar-refractivity contribution in [2.75, 3.05) is 24.7 Å². The van der Waals surface area contributed by atoms with E-state index < -0.39 is 20.2 Å². The van der Waals surface area contributed by atoms with Crippen LogP contribution in [-0.2, 0) is 28.6 Å². The maximum atomic E-state index is 11.2. The Bertz CT molecular complexity index is 483. The molecule has 6 nitrogen and oxygen atoms in total. The van der Waals surface area contributed by atoms with Crippen LogP contribution in [0, 0.1) is 12.3 Å². The summed E-state index contributed by atoms with van der Waals surface area (Å²) in [6, 6.07) is 0. The van der Waals surface area contributed by atoms with Crippen molar-refractivity contribution in [2.24, 2.45) is 0 Å². The van der Waals surface area contributed by atoms with Gasteiger partial charge in [0.25, 0.3) is 20.2 Å². The second kappa shape index (κ2) is 8.26. The first-order valence-corrected chi connectivity index (χ1v) is 8.27. The largest absolute Gasteiger partial charge is 0.268 e. The quantitative estimate of drug-likeness (QED) is 0.249. The van der Waals surface area contributed by atoms with Crippen LogP contribution >= 0.6 is 0 Å². The highest BCUT2D eigenvalue weighted by molar-refractivity contribution is 7.87. The lowest BCUT2D eigenvalue weighted by Gasteiger charge is -2.04. The molecule has 0 aliphatic heterocycles. The van der Waals surface area contributed by atoms with E-state index in [1.807, 2.05) is 5.92 Å². The lowest BCUT2D eigenvalue weighted by Crippen LogP contribution is -2.14. The Labute approximate surface area is 108 Å². The molecule has 0 saturated heterocycles. The minimum Gasteiger partial charge on any atom is -0.266 e. The van der Waals surface area contributed by atoms with Crippen LogP contribution < -0.4 is 0 Å². The Morgan fingerprint density at radius 1 is 1.06 bits per heavy atom. The summed E-state index contributed by atoms with van der Waals surface area (Å²) in [4.78, 5) is 0. The fourth-order valence-electron chi connectivity index (χ4n) is 0.951. The van der Waals surface area contributed by atoms with Crippen molar-refractivity contribution in [3.8, 4) is 12.3 Å². The van der Waals surface area contributed by atoms with Gasteiger partial charge in [0.05, 0.1) is 18.1 Å². The Kier molecular flexibility index (Phi) is 7.86. The number of rotatable bonds is 10. The summed E-state index contributed by atoms with van der Waals surface area (Å²) in [6.07, 6.45) is 6.49. The predicted octanol–water partition coefficient (Wildman–Crippen LogP) is 0.279. The zero-order valence-electron chi connectivity index (χ0n) is 9.87. The molecule has 0 spiro atoms. The molecule has 0 heterocycles. The molecular weight excluding hydrogens is 280 g/mol. The standard InChI is InChI=1S/C10H16O6S2/c1-3-7-15-17(11,12)9-5-6-10-18(13,14)16-8-4-2/h1,4H,2,5-10H2. The highest BCUT2D eigenvalue weighted by Crippen LogP contribution is 2.03. The highest BCUT2D eigenvalue weighted by atomic mass is 32.2. The number of unbranched alkanes of at least 4 members (excludes halogenated alkanes) is 1. The summed E-state index contributed by atoms with van der Waals surface area (Å²) in [5, 5.41) is 0. The Morgan fingerprint density at radius 2 is 1.56 bits per heavy atom. The fraction of sp³-hybridized carbons (Fsp3) is 0.600. The first-order chi connectivity index (χ1) is 8.33. The van der Waals surface area contributed by atoms with Gasteiger partial charge in [-0.05, 0) is 12.8 Å². The Balaban J connectivity index is 3.93. The second-order valence-electron chi connectivity index (χ2n) is 3.27. The van der Waals surface area contributed by atoms with Crippen molar-refractivity contribution in [3.63, 3.8) is 0 Å². The molecule has 0 unspecified atom stereocenters. The Hall–Kier alpha value is -0.880. The number of terminal acetylenes is 1. The van der Waals surface area contributed by atoms with Gasteiger partial charge in [0.1, 0.15) is 6.61 Å². The maximum absolute atomic E-state index is 11.2. The van der Waals surface area contributed by atoms with Crippen LogP contribution in [0.1, 0.15) is 12.8 Å². The van der Waals surface area contributed by atoms with E-state index in [0.717, 1.165) is 0 Å². The molecule has 0 rings (SSSR count). The van der Waals surface area contributed by atoms with Crippen molar-refractivity contribution < 1.29 is 25.2 Å². The molecule has 0 aliphatic rings. The molecule has 8 heteroatoms. The molecule has 0 fully saturated rings. The van der Waals surface area contributed by atoms with E-state index in [4.69, 9.17) is 6.42 Å². The van der Waals surface area contributed by atoms with Gasteiger partial charge in [-0.1, -0.05) is 12.0 Å². The van der Waals surface area contributed by atoms with Crippen molar-refractivity contribution in [1.82, 2.24) is 0 Å². The fourth-order valence-corrected chi connectivity index (χ4v) is 2.85. The van der Waals surface area contributed by atoms with E-state index in [2.05, 4.69) is 14.9 Å². The zero-order valence-corrected chi connectivity index (χ0v) is 11.5. The van der Waals surface area contributed by atoms with Crippen LogP contribution in [0.25, 0.3) is 0 Å². The highest BCUT2D eigenvalue weighted by Gasteiger charge is 2.13. The molecular formula is C10H16O6S2. The average molecular weight is 296 g/mol. The molecule has 0 atom stereocenters. The van der Waals surface area contributed by atoms with Gasteiger partial charge in [-0.15, -0.1) is 13.0 Å². The second-order valence-corrected chi connectivity index (χ2v) is 6.79. The first kappa shape index (κ1) is 17.1. The topological polar surface area (TPSA) is 86.7 Å². The van der Waals surface area contributed by atoms with E-state index in [1.54, 1.807) is 0 Å². The van der Waals surface area contributed by atoms with Gasteiger partial charge < -0.3 is 0 Å². The third-order valence-corrected chi connectivity index (χ3v) is 4.28. The summed E-state index contributed by atoms with van der Waals surface area (Å²) in [5.74, 6) is 1.52. The van der Waals surface area contributed by atoms with Crippen molar-refractivity contribution in [3.05, 3.63) is 12.7 Å². The van der Waals surface area contributed by atoms with E-state index in [0.29, 0.717) is 0 Å². The van der Waals surface area contributed by atoms with Crippen LogP contribution in [0.4, 0.5) is 0 Å². The lowest BCUT2D eigenvalue weighted by molar-refractivity contribution is 0.354. The van der Waals surface area contributed by atoms with Gasteiger partial charge >= 0.3 is 0 Å². The monoisotopic (exact) mass is 296 g/mol. The van der Waals surface area contributed by atoms with Crippen LogP contribution in [-0.4, -0.2) is 41.6 Å². The van der Waals surface area contributed by atoms with Crippen LogP contribution in [0.3, 0.4) is 0 Å². The van der Waals surface area contributed by atoms with Crippen LogP contribution in [0.15, 0.2) is 12.7 Å². The van der Waals surface area contributed by atoms with Crippen molar-refractivity contribution in [2.45, 2.75) is 12.8 Å². The zero-order chi connectivity index (χ0) is 14.1. The van der Waals surface area contributed by atoms with Gasteiger partial charge in [-0.2, -0.15) is 16.8 Å². The van der Waals surface area contributed by atoms with Gasteiger partial charge in [-0.25, -0.2) is 0 Å². The molecule has 0 aromatic rings. The minimum absolute atomic E-state index is 0.0914. The average Bonchev–Trinajstić information content (AvgIpc) is 2.30. The first-order valence-electron chi connectivity index (χ1n) is 5.11. The van der Waals surface area contributed by atoms with Gasteiger partial charge in [0.2, 0.25) is 0 Å². The third kappa shape index (κ3) is 9.18. The van der Waals surface area contributed by atoms with E-state index in [9.17, 15) is 16.8 Å². The predicted molar refractivity (Wildman–Crippen MR) is 67.7 cm³/mol. The summed E-state index contributed by atoms with van der Waals surface area (Å²) in [6.45, 7) is 2.91. The minimum atomic E-state index is -3.67. The molecule has 0 N–H and O–H groups in total. The lowest BCUT2D eigenvalue weighted by atomic mass is 10.4. The molecule has 18 heavy (non-hydrogen) atoms. The maximum Gasteiger partial charge on any atom is 0.268 e. The van der Waals surface area contributed by atoms with E-state index in [1.165, 1.54) is 6.08 Å². The van der Waals surface area contributed by atoms with Gasteiger partial charge in [0, 0.05) is 0 Å². The molecule has 0 saturated carbocycles. The van der Waals surface area contributed by atoms with E-state index >= 15 is 0 Å². The summed E-state index contributed by atoms with van der Waals surface area (Å²) in [7, 11) is -7.29. The van der Waals surface area contributed by atoms with Gasteiger partial charge in [-0.3, -0.25) is 8.37 Å². The molecule has 0 radical (unpaired) electrons. The summed E-state index contributed by atoms with van der Waals surface area (Å²) >= 11 is 0. The molecule has 0 aliphatic carbocycles. The number of hydrogen-bond acceptors (Lipinski definition) is 6. The van der Waals surface area contributed by atoms with Crippen LogP contribution in [0.2, 0.25) is 0 Å². The molecule has 0 amide bonds. The summed E-state index contributed by atoms with van der Waals surface area (Å²) < 4.78 is 53.7. The van der Waals surface area contributed by atoms with Crippen molar-refractivity contribution in [1.29, 1.82) is 0 Å². The van der Waals surface area contributed by atoms with Gasteiger partial charge in [0.15, 0.2) is 0 Å². The molecule has 104 valence electrons. The van der Waals surface area contributed by atoms with Crippen LogP contribution in [0.5, 0.6) is 0 Å². The SMILES string of the molecule is C#CCOS(=O)(=O)CCCCS(=O)(=O)OCC=C. The third-order valence-electron chi connectivity index (χ3n) is 1.73. The van der Waals surface area contributed by atoms with E-state index in [-0.39, 0.29) is 37.6 Å². The summed E-state index contributed by atoms with van der Waals surface area (Å²) in [5.41, 5.74) is 0. The molecule has 0 aromatic carbocycles. The molecule has 0 aromatic heterocycles. The normalized spacial score (nSPS) is 11.9. The molecule has 0 bridgehead atoms.